The molecule has 55 heavy (non-hydrogen) atoms. The summed E-state index contributed by atoms with van der Waals surface area (Å²) < 4.78 is 111. The summed E-state index contributed by atoms with van der Waals surface area (Å²) in [7, 11) is -13.6. The lowest BCUT2D eigenvalue weighted by atomic mass is 9.80. The Morgan fingerprint density at radius 2 is 1.58 bits per heavy atom. The molecule has 296 valence electrons. The van der Waals surface area contributed by atoms with Gasteiger partial charge in [-0.25, -0.2) is 25.3 Å². The van der Waals surface area contributed by atoms with Crippen molar-refractivity contribution < 1.29 is 53.1 Å². The smallest absolute Gasteiger partial charge is 0.209 e. The lowest BCUT2D eigenvalue weighted by Crippen LogP contribution is -2.28. The van der Waals surface area contributed by atoms with Gasteiger partial charge in [-0.1, -0.05) is 12.2 Å². The van der Waals surface area contributed by atoms with Crippen LogP contribution in [0.15, 0.2) is 92.4 Å². The molecule has 2 atom stereocenters. The van der Waals surface area contributed by atoms with Crippen LogP contribution in [0.25, 0.3) is 0 Å². The average Bonchev–Trinajstić information content (AvgIpc) is 3.75. The van der Waals surface area contributed by atoms with Crippen LogP contribution < -0.4 is 10.2 Å². The summed E-state index contributed by atoms with van der Waals surface area (Å²) in [4.78, 5) is 2.31. The summed E-state index contributed by atoms with van der Waals surface area (Å²) >= 11 is 0.733. The van der Waals surface area contributed by atoms with Gasteiger partial charge in [0, 0.05) is 75.4 Å². The molecule has 0 spiro atoms. The Bertz CT molecular complexity index is 2450. The third kappa shape index (κ3) is 7.92. The zero-order chi connectivity index (χ0) is 39.6. The zero-order valence-corrected chi connectivity index (χ0v) is 33.7. The van der Waals surface area contributed by atoms with E-state index in [9.17, 15) is 44.2 Å². The fourth-order valence-corrected chi connectivity index (χ4v) is 11.2. The summed E-state index contributed by atoms with van der Waals surface area (Å²) in [5.74, 6) is -1.02. The average molecular weight is 830 g/mol. The number of hydrogen-bond acceptors (Lipinski definition) is 13. The SMILES string of the molecule is CC12CCC(/C=C3C=C(/C=C4\CCC5(C)C4=[N+](CCCS(=O)(=O)[O-])c4ccc(SO[O-])cc45)CCC/3)=C1N(CCCS(=O)(=O)[O-])c1ccc(S(=O)(=O)[O-])cc12. The summed E-state index contributed by atoms with van der Waals surface area (Å²) in [6.45, 7) is 4.72. The Balaban J connectivity index is 1.25. The van der Waals surface area contributed by atoms with Crippen molar-refractivity contribution in [2.45, 2.75) is 92.3 Å². The number of rotatable bonds is 13. The first-order valence-corrected chi connectivity index (χ1v) is 23.5. The summed E-state index contributed by atoms with van der Waals surface area (Å²) in [6, 6.07) is 9.93. The van der Waals surface area contributed by atoms with E-state index in [1.807, 2.05) is 24.0 Å². The van der Waals surface area contributed by atoms with Crippen molar-refractivity contribution >= 4 is 59.5 Å². The van der Waals surface area contributed by atoms with E-state index in [2.05, 4.69) is 34.1 Å². The van der Waals surface area contributed by atoms with E-state index in [-0.39, 0.29) is 24.3 Å². The minimum Gasteiger partial charge on any atom is -0.748 e. The van der Waals surface area contributed by atoms with E-state index < -0.39 is 52.7 Å². The highest BCUT2D eigenvalue weighted by Gasteiger charge is 2.54. The van der Waals surface area contributed by atoms with Gasteiger partial charge in [0.2, 0.25) is 5.69 Å². The number of benzene rings is 2. The van der Waals surface area contributed by atoms with Crippen LogP contribution in [0.3, 0.4) is 0 Å². The van der Waals surface area contributed by atoms with Crippen molar-refractivity contribution in [3.05, 3.63) is 93.7 Å². The van der Waals surface area contributed by atoms with Crippen molar-refractivity contribution in [3.8, 4) is 0 Å². The van der Waals surface area contributed by atoms with E-state index >= 15 is 0 Å². The van der Waals surface area contributed by atoms with Gasteiger partial charge in [-0.2, -0.15) is 4.58 Å². The molecule has 5 aliphatic rings. The molecule has 7 rings (SSSR count). The predicted molar refractivity (Wildman–Crippen MR) is 202 cm³/mol. The maximum absolute atomic E-state index is 12.0. The van der Waals surface area contributed by atoms with Gasteiger partial charge in [0.1, 0.15) is 16.7 Å². The second-order valence-electron chi connectivity index (χ2n) is 15.3. The van der Waals surface area contributed by atoms with Crippen molar-refractivity contribution in [3.63, 3.8) is 0 Å². The van der Waals surface area contributed by atoms with Gasteiger partial charge < -0.3 is 28.1 Å². The van der Waals surface area contributed by atoms with Gasteiger partial charge in [-0.3, -0.25) is 0 Å². The summed E-state index contributed by atoms with van der Waals surface area (Å²) in [6.07, 6.45) is 12.2. The summed E-state index contributed by atoms with van der Waals surface area (Å²) in [5, 5.41) is 10.9. The normalized spacial score (nSPS) is 25.2. The van der Waals surface area contributed by atoms with Crippen LogP contribution in [-0.4, -0.2) is 73.8 Å². The van der Waals surface area contributed by atoms with Gasteiger partial charge in [0.15, 0.2) is 5.71 Å². The monoisotopic (exact) mass is 829 g/mol. The highest BCUT2D eigenvalue weighted by atomic mass is 32.2. The summed E-state index contributed by atoms with van der Waals surface area (Å²) in [5.41, 5.74) is 8.63. The maximum atomic E-state index is 12.0. The van der Waals surface area contributed by atoms with Crippen molar-refractivity contribution in [1.82, 2.24) is 0 Å². The van der Waals surface area contributed by atoms with Crippen molar-refractivity contribution in [2.75, 3.05) is 29.5 Å². The molecule has 2 aromatic rings. The van der Waals surface area contributed by atoms with Gasteiger partial charge >= 0.3 is 0 Å². The van der Waals surface area contributed by atoms with E-state index in [0.29, 0.717) is 35.5 Å². The molecule has 1 fully saturated rings. The van der Waals surface area contributed by atoms with E-state index in [1.54, 1.807) is 12.1 Å². The number of nitrogens with zero attached hydrogens (tertiary/aromatic N) is 2. The Morgan fingerprint density at radius 1 is 0.855 bits per heavy atom. The molecule has 13 nitrogen and oxygen atoms in total. The minimum absolute atomic E-state index is 0.0752. The molecule has 2 heterocycles. The molecular formula is C38H41N2O11S4-3. The third-order valence-corrected chi connectivity index (χ3v) is 14.6. The lowest BCUT2D eigenvalue weighted by Gasteiger charge is -2.27. The molecule has 0 bridgehead atoms. The highest BCUT2D eigenvalue weighted by Crippen LogP contribution is 2.57. The van der Waals surface area contributed by atoms with Crippen LogP contribution in [-0.2, 0) is 45.5 Å². The highest BCUT2D eigenvalue weighted by molar-refractivity contribution is 7.94. The standard InChI is InChI=1S/C38H44N2O11S4/c1-37-14-12-27(35(37)39(16-4-18-53(42,43)44)33-10-8-29(52-51-41)23-31(33)37)21-25-6-3-7-26(20-25)22-28-13-15-38(2)32-24-30(55(48,49)50)9-11-34(32)40(36(28)38)17-5-19-54(45,46)47/h8-11,20-24H,3-7,12-19H2,1-2H3,(H3-,41,42,43,44,45,46,47,48,49,50)/p-3. The molecule has 0 aromatic heterocycles. The molecule has 0 N–H and O–H groups in total. The Hall–Kier alpha value is -3.13. The molecule has 2 aromatic carbocycles. The first-order valence-electron chi connectivity index (χ1n) is 18.2. The molecule has 0 radical (unpaired) electrons. The molecular weight excluding hydrogens is 789 g/mol. The van der Waals surface area contributed by atoms with Gasteiger partial charge in [-0.15, -0.1) is 0 Å². The van der Waals surface area contributed by atoms with Crippen LogP contribution in [0.2, 0.25) is 0 Å². The number of fused-ring (bicyclic) bond motifs is 6. The molecule has 0 saturated heterocycles. The first kappa shape index (κ1) is 40.1. The van der Waals surface area contributed by atoms with E-state index in [0.717, 1.165) is 89.1 Å². The largest absolute Gasteiger partial charge is 0.748 e. The fraction of sp³-hybridized carbons (Fsp3) is 0.447. The van der Waals surface area contributed by atoms with Crippen LogP contribution in [0.4, 0.5) is 11.4 Å². The van der Waals surface area contributed by atoms with Crippen molar-refractivity contribution in [2.24, 2.45) is 0 Å². The minimum atomic E-state index is -4.72. The molecule has 17 heteroatoms. The van der Waals surface area contributed by atoms with Crippen LogP contribution in [0.1, 0.15) is 82.8 Å². The van der Waals surface area contributed by atoms with Gasteiger partial charge in [0.05, 0.1) is 30.5 Å². The fourth-order valence-electron chi connectivity index (χ4n) is 9.39. The Kier molecular flexibility index (Phi) is 10.7. The van der Waals surface area contributed by atoms with Crippen LogP contribution in [0.5, 0.6) is 0 Å². The number of allylic oxidation sites excluding steroid dienone is 8. The predicted octanol–water partition coefficient (Wildman–Crippen LogP) is 4.70. The number of hydrogen-bond donors (Lipinski definition) is 0. The molecule has 3 aliphatic carbocycles. The van der Waals surface area contributed by atoms with Crippen molar-refractivity contribution in [1.29, 1.82) is 0 Å². The van der Waals surface area contributed by atoms with Crippen LogP contribution in [0, 0.1) is 0 Å². The topological polar surface area (TPSA) is 210 Å². The van der Waals surface area contributed by atoms with E-state index in [1.165, 1.54) is 12.1 Å². The first-order chi connectivity index (χ1) is 25.8. The van der Waals surface area contributed by atoms with E-state index in [4.69, 9.17) is 0 Å². The second kappa shape index (κ2) is 14.7. The molecule has 2 unspecified atom stereocenters. The third-order valence-electron chi connectivity index (χ3n) is 11.7. The molecule has 2 aliphatic heterocycles. The maximum Gasteiger partial charge on any atom is 0.209 e. The number of anilines is 1. The van der Waals surface area contributed by atoms with Crippen LogP contribution >= 0.6 is 12.0 Å². The lowest BCUT2D eigenvalue weighted by molar-refractivity contribution is -0.630. The Morgan fingerprint density at radius 3 is 2.29 bits per heavy atom. The van der Waals surface area contributed by atoms with Gasteiger partial charge in [0.25, 0.3) is 0 Å². The quantitative estimate of drug-likeness (QED) is 0.0883. The second-order valence-corrected chi connectivity index (χ2v) is 20.5. The molecule has 1 saturated carbocycles. The van der Waals surface area contributed by atoms with Gasteiger partial charge in [-0.05, 0) is 124 Å². The zero-order valence-electron chi connectivity index (χ0n) is 30.4. The Labute approximate surface area is 326 Å². The molecule has 0 amide bonds.